The number of hydrogen-bond donors (Lipinski definition) is 2. The first kappa shape index (κ1) is 21.4. The van der Waals surface area contributed by atoms with Crippen LogP contribution < -0.4 is 9.47 Å². The van der Waals surface area contributed by atoms with Crippen LogP contribution in [0.2, 0.25) is 0 Å². The molecule has 0 bridgehead atoms. The van der Waals surface area contributed by atoms with Crippen molar-refractivity contribution in [1.29, 1.82) is 0 Å². The fraction of sp³-hybridized carbons (Fsp3) is 0.133. The standard InChI is InChI=1S/C15H14O11S2/c1-25-9-5-3-7(14(12(9)17)27(19,20)21)11(16)8-4-6-10(26-2)13(18)15(8)28(22,23)24/h3-6,17-18H,1-2H3,(H,19,20,21)(H,22,23,24)/p-2. The summed E-state index contributed by atoms with van der Waals surface area (Å²) in [7, 11) is -8.76. The van der Waals surface area contributed by atoms with Crippen molar-refractivity contribution >= 4 is 26.0 Å². The van der Waals surface area contributed by atoms with Gasteiger partial charge in [-0.3, -0.25) is 4.79 Å². The molecule has 28 heavy (non-hydrogen) atoms. The van der Waals surface area contributed by atoms with Crippen molar-refractivity contribution < 1.29 is 50.4 Å². The minimum atomic E-state index is -5.44. The van der Waals surface area contributed by atoms with Gasteiger partial charge in [0.15, 0.2) is 28.8 Å². The molecule has 0 fully saturated rings. The highest BCUT2D eigenvalue weighted by atomic mass is 32.2. The molecule has 2 rings (SSSR count). The van der Waals surface area contributed by atoms with E-state index in [9.17, 15) is 40.9 Å². The van der Waals surface area contributed by atoms with Gasteiger partial charge in [0.2, 0.25) is 0 Å². The van der Waals surface area contributed by atoms with Crippen LogP contribution >= 0.6 is 0 Å². The third-order valence-corrected chi connectivity index (χ3v) is 5.44. The van der Waals surface area contributed by atoms with E-state index >= 15 is 0 Å². The van der Waals surface area contributed by atoms with Gasteiger partial charge in [-0.2, -0.15) is 0 Å². The zero-order valence-electron chi connectivity index (χ0n) is 14.2. The van der Waals surface area contributed by atoms with Crippen LogP contribution in [0.1, 0.15) is 15.9 Å². The normalized spacial score (nSPS) is 11.9. The number of carbonyl (C=O) groups is 1. The smallest absolute Gasteiger partial charge is 0.195 e. The van der Waals surface area contributed by atoms with Gasteiger partial charge in [0.25, 0.3) is 0 Å². The summed E-state index contributed by atoms with van der Waals surface area (Å²) < 4.78 is 78.7. The maximum absolute atomic E-state index is 12.8. The fourth-order valence-electron chi connectivity index (χ4n) is 2.44. The highest BCUT2D eigenvalue weighted by Gasteiger charge is 2.29. The second-order valence-corrected chi connectivity index (χ2v) is 7.86. The predicted molar refractivity (Wildman–Crippen MR) is 88.7 cm³/mol. The summed E-state index contributed by atoms with van der Waals surface area (Å²) in [6.07, 6.45) is 0. The summed E-state index contributed by atoms with van der Waals surface area (Å²) in [4.78, 5) is 10.0. The van der Waals surface area contributed by atoms with Gasteiger partial charge in [-0.1, -0.05) is 0 Å². The number of methoxy groups -OCH3 is 2. The van der Waals surface area contributed by atoms with Gasteiger partial charge < -0.3 is 28.8 Å². The molecule has 13 heteroatoms. The summed E-state index contributed by atoms with van der Waals surface area (Å²) in [6, 6.07) is 3.47. The zero-order valence-corrected chi connectivity index (χ0v) is 15.8. The Hall–Kier alpha value is -2.87. The molecular weight excluding hydrogens is 420 g/mol. The molecular formula is C15H12O11S2-2. The van der Waals surface area contributed by atoms with E-state index in [0.29, 0.717) is 0 Å². The molecule has 0 heterocycles. The number of hydrogen-bond acceptors (Lipinski definition) is 11. The number of ether oxygens (including phenoxy) is 2. The number of rotatable bonds is 6. The monoisotopic (exact) mass is 432 g/mol. The van der Waals surface area contributed by atoms with Crippen LogP contribution in [0.15, 0.2) is 34.1 Å². The Morgan fingerprint density at radius 1 is 0.786 bits per heavy atom. The molecule has 2 aromatic carbocycles. The number of benzene rings is 2. The molecule has 0 spiro atoms. The van der Waals surface area contributed by atoms with Crippen molar-refractivity contribution in [2.45, 2.75) is 9.79 Å². The van der Waals surface area contributed by atoms with Crippen LogP contribution in [0, 0.1) is 0 Å². The SMILES string of the molecule is COc1ccc(C(=O)c2ccc(OC)c(O)c2S(=O)(=O)[O-])c(S(=O)(=O)[O-])c1O. The third kappa shape index (κ3) is 3.73. The molecule has 0 amide bonds. The number of carbonyl (C=O) groups excluding carboxylic acids is 1. The number of ketones is 1. The van der Waals surface area contributed by atoms with E-state index in [4.69, 9.17) is 0 Å². The molecule has 2 aromatic rings. The largest absolute Gasteiger partial charge is 0.744 e. The van der Waals surface area contributed by atoms with Crippen LogP contribution in [0.5, 0.6) is 23.0 Å². The van der Waals surface area contributed by atoms with Crippen LogP contribution in [-0.2, 0) is 20.2 Å². The molecule has 0 saturated heterocycles. The summed E-state index contributed by atoms with van der Waals surface area (Å²) in [6.45, 7) is 0. The van der Waals surface area contributed by atoms with Gasteiger partial charge in [-0.15, -0.1) is 0 Å². The lowest BCUT2D eigenvalue weighted by Crippen LogP contribution is -2.14. The lowest BCUT2D eigenvalue weighted by atomic mass is 10.0. The Morgan fingerprint density at radius 3 is 1.36 bits per heavy atom. The van der Waals surface area contributed by atoms with E-state index < -0.39 is 69.9 Å². The van der Waals surface area contributed by atoms with Crippen molar-refractivity contribution in [2.75, 3.05) is 14.2 Å². The van der Waals surface area contributed by atoms with E-state index in [2.05, 4.69) is 9.47 Å². The van der Waals surface area contributed by atoms with Gasteiger partial charge in [0.05, 0.1) is 14.2 Å². The van der Waals surface area contributed by atoms with Crippen molar-refractivity contribution in [1.82, 2.24) is 0 Å². The Balaban J connectivity index is 2.90. The Kier molecular flexibility index (Phi) is 5.57. The first-order chi connectivity index (χ1) is 12.8. The average molecular weight is 432 g/mol. The number of phenolic OH excluding ortho intramolecular Hbond substituents is 2. The number of aromatic hydroxyl groups is 2. The minimum absolute atomic E-state index is 0.444. The molecule has 0 radical (unpaired) electrons. The Bertz CT molecular complexity index is 1070. The highest BCUT2D eigenvalue weighted by molar-refractivity contribution is 7.86. The van der Waals surface area contributed by atoms with Crippen molar-refractivity contribution in [3.63, 3.8) is 0 Å². The molecule has 0 aromatic heterocycles. The lowest BCUT2D eigenvalue weighted by Gasteiger charge is -2.19. The maximum atomic E-state index is 12.8. The van der Waals surface area contributed by atoms with Crippen molar-refractivity contribution in [2.24, 2.45) is 0 Å². The molecule has 0 atom stereocenters. The van der Waals surface area contributed by atoms with Crippen LogP contribution in [0.25, 0.3) is 0 Å². The maximum Gasteiger partial charge on any atom is 0.195 e. The second kappa shape index (κ2) is 7.27. The Labute approximate surface area is 159 Å². The summed E-state index contributed by atoms with van der Waals surface area (Å²) in [5.74, 6) is -4.67. The third-order valence-electron chi connectivity index (χ3n) is 3.62. The Morgan fingerprint density at radius 2 is 1.11 bits per heavy atom. The van der Waals surface area contributed by atoms with Crippen LogP contribution in [-0.4, -0.2) is 56.2 Å². The van der Waals surface area contributed by atoms with E-state index in [-0.39, 0.29) is 0 Å². The van der Waals surface area contributed by atoms with E-state index in [1.54, 1.807) is 0 Å². The second-order valence-electron chi connectivity index (χ2n) is 5.22. The molecule has 0 unspecified atom stereocenters. The van der Waals surface area contributed by atoms with Crippen molar-refractivity contribution in [3.8, 4) is 23.0 Å². The van der Waals surface area contributed by atoms with Gasteiger partial charge in [-0.05, 0) is 24.3 Å². The molecule has 0 aliphatic heterocycles. The van der Waals surface area contributed by atoms with Crippen molar-refractivity contribution in [3.05, 3.63) is 35.4 Å². The summed E-state index contributed by atoms with van der Waals surface area (Å²) in [5.41, 5.74) is -1.86. The summed E-state index contributed by atoms with van der Waals surface area (Å²) >= 11 is 0. The molecule has 2 N–H and O–H groups in total. The molecule has 0 aliphatic carbocycles. The molecule has 0 aliphatic rings. The highest BCUT2D eigenvalue weighted by Crippen LogP contribution is 2.40. The van der Waals surface area contributed by atoms with E-state index in [0.717, 1.165) is 38.5 Å². The molecule has 0 saturated carbocycles. The average Bonchev–Trinajstić information content (AvgIpc) is 2.58. The number of phenols is 2. The van der Waals surface area contributed by atoms with Crippen LogP contribution in [0.3, 0.4) is 0 Å². The quantitative estimate of drug-likeness (QED) is 0.466. The van der Waals surface area contributed by atoms with Gasteiger partial charge in [0, 0.05) is 11.1 Å². The minimum Gasteiger partial charge on any atom is -0.744 e. The topological polar surface area (TPSA) is 190 Å². The fourth-order valence-corrected chi connectivity index (χ4v) is 3.98. The van der Waals surface area contributed by atoms with E-state index in [1.165, 1.54) is 0 Å². The first-order valence-corrected chi connectivity index (χ1v) is 9.92. The molecule has 11 nitrogen and oxygen atoms in total. The lowest BCUT2D eigenvalue weighted by molar-refractivity contribution is 0.103. The first-order valence-electron chi connectivity index (χ1n) is 7.11. The zero-order chi connectivity index (χ0) is 21.4. The van der Waals surface area contributed by atoms with Crippen LogP contribution in [0.4, 0.5) is 0 Å². The van der Waals surface area contributed by atoms with E-state index in [1.807, 2.05) is 0 Å². The molecule has 152 valence electrons. The summed E-state index contributed by atoms with van der Waals surface area (Å²) in [5, 5.41) is 19.9. The van der Waals surface area contributed by atoms with Gasteiger partial charge in [-0.25, -0.2) is 16.8 Å². The van der Waals surface area contributed by atoms with Gasteiger partial charge in [0.1, 0.15) is 30.0 Å². The van der Waals surface area contributed by atoms with Gasteiger partial charge >= 0.3 is 0 Å². The predicted octanol–water partition coefficient (Wildman–Crippen LogP) is 0.154.